The molecule has 1 aromatic rings. The molecule has 3 heteroatoms. The van der Waals surface area contributed by atoms with Crippen molar-refractivity contribution < 1.29 is 28.5 Å². The molecule has 0 N–H and O–H groups in total. The van der Waals surface area contributed by atoms with Crippen molar-refractivity contribution in [2.75, 3.05) is 0 Å². The Kier molecular flexibility index (Phi) is 3.84. The van der Waals surface area contributed by atoms with Gasteiger partial charge >= 0.3 is 0 Å². The highest BCUT2D eigenvalue weighted by atomic mass is 127. The summed E-state index contributed by atoms with van der Waals surface area (Å²) in [6.45, 7) is 3.18. The van der Waals surface area contributed by atoms with Crippen molar-refractivity contribution in [1.82, 2.24) is 4.57 Å². The summed E-state index contributed by atoms with van der Waals surface area (Å²) in [5.74, 6) is 0. The van der Waals surface area contributed by atoms with Crippen molar-refractivity contribution in [3.63, 3.8) is 0 Å². The first-order chi connectivity index (χ1) is 3.83. The fraction of sp³-hybridized carbons (Fsp3) is 0.500. The van der Waals surface area contributed by atoms with E-state index in [1.165, 1.54) is 0 Å². The maximum Gasteiger partial charge on any atom is 0.243 e. The van der Waals surface area contributed by atoms with Gasteiger partial charge in [0.05, 0.1) is 13.6 Å². The van der Waals surface area contributed by atoms with Crippen LogP contribution in [0, 0.1) is 0 Å². The van der Waals surface area contributed by atoms with Gasteiger partial charge < -0.3 is 0 Å². The molecule has 1 heterocycles. The van der Waals surface area contributed by atoms with Crippen LogP contribution in [0.25, 0.3) is 0 Å². The maximum absolute atomic E-state index is 2.12. The zero-order chi connectivity index (χ0) is 5.98. The Morgan fingerprint density at radius 2 is 2.22 bits per heavy atom. The van der Waals surface area contributed by atoms with E-state index in [0.29, 0.717) is 0 Å². The fourth-order valence-corrected chi connectivity index (χ4v) is 0.689. The van der Waals surface area contributed by atoms with E-state index in [2.05, 4.69) is 24.0 Å². The minimum Gasteiger partial charge on any atom is -0.240 e. The minimum atomic E-state index is 0. The lowest BCUT2D eigenvalue weighted by molar-refractivity contribution is -0.671. The Bertz CT molecular complexity index is 171. The summed E-state index contributed by atoms with van der Waals surface area (Å²) < 4.78 is 4.16. The van der Waals surface area contributed by atoms with E-state index in [0.717, 1.165) is 6.54 Å². The number of hydrogen-bond acceptors (Lipinski definition) is 0. The van der Waals surface area contributed by atoms with Crippen LogP contribution in [0.15, 0.2) is 18.7 Å². The van der Waals surface area contributed by atoms with E-state index in [4.69, 9.17) is 0 Å². The number of halogens is 1. The SMILES string of the molecule is CCn1cc[n+](C)c1.[IH2+]. The molecule has 0 unspecified atom stereocenters. The van der Waals surface area contributed by atoms with Gasteiger partial charge in [0.1, 0.15) is 12.4 Å². The molecule has 1 aromatic heterocycles. The zero-order valence-corrected chi connectivity index (χ0v) is 8.33. The number of aryl methyl sites for hydroxylation is 2. The Labute approximate surface area is 72.5 Å². The standard InChI is InChI=1S/C6H11N2.H2I/c1-3-8-5-4-7(2)6-8;/h4-6H,3H2,1-2H3;1H2/q2*+1. The van der Waals surface area contributed by atoms with Crippen LogP contribution in [0.2, 0.25) is 0 Å². The average molecular weight is 240 g/mol. The van der Waals surface area contributed by atoms with Gasteiger partial charge in [-0.2, -0.15) is 0 Å². The van der Waals surface area contributed by atoms with Crippen molar-refractivity contribution in [1.29, 1.82) is 0 Å². The van der Waals surface area contributed by atoms with Crippen LogP contribution in [-0.4, -0.2) is 4.57 Å². The van der Waals surface area contributed by atoms with E-state index >= 15 is 0 Å². The van der Waals surface area contributed by atoms with Gasteiger partial charge in [0, 0.05) is 0 Å². The van der Waals surface area contributed by atoms with Gasteiger partial charge in [-0.1, -0.05) is 0 Å². The summed E-state index contributed by atoms with van der Waals surface area (Å²) in [4.78, 5) is 0. The van der Waals surface area contributed by atoms with Gasteiger partial charge in [0.25, 0.3) is 0 Å². The number of nitrogens with zero attached hydrogens (tertiary/aromatic N) is 2. The van der Waals surface area contributed by atoms with Crippen molar-refractivity contribution >= 4 is 0 Å². The molecule has 0 saturated carbocycles. The van der Waals surface area contributed by atoms with Gasteiger partial charge in [-0.25, -0.2) is 9.13 Å². The molecule has 0 aromatic carbocycles. The number of hydrogen-bond donors (Lipinski definition) is 0. The second-order valence-corrected chi connectivity index (χ2v) is 1.91. The molecule has 0 amide bonds. The van der Waals surface area contributed by atoms with Crippen molar-refractivity contribution in [2.45, 2.75) is 13.5 Å². The molecule has 0 aliphatic carbocycles. The third kappa shape index (κ3) is 2.34. The summed E-state index contributed by atoms with van der Waals surface area (Å²) in [5, 5.41) is 0. The smallest absolute Gasteiger partial charge is 0.240 e. The Hall–Kier alpha value is -0.0600. The molecule has 52 valence electrons. The van der Waals surface area contributed by atoms with E-state index in [1.54, 1.807) is 0 Å². The number of rotatable bonds is 1. The average Bonchev–Trinajstić information content (AvgIpc) is 2.14. The van der Waals surface area contributed by atoms with E-state index in [9.17, 15) is 0 Å². The van der Waals surface area contributed by atoms with Crippen LogP contribution in [0.3, 0.4) is 0 Å². The molecule has 0 bridgehead atoms. The number of imidazole rings is 1. The quantitative estimate of drug-likeness (QED) is 0.361. The van der Waals surface area contributed by atoms with Gasteiger partial charge in [-0.15, -0.1) is 0 Å². The second kappa shape index (κ2) is 3.87. The number of aromatic nitrogens is 2. The Morgan fingerprint density at radius 3 is 2.44 bits per heavy atom. The van der Waals surface area contributed by atoms with Crippen LogP contribution >= 0.6 is 0 Å². The largest absolute Gasteiger partial charge is 0.243 e. The molecular formula is C6H13IN2+2. The highest BCUT2D eigenvalue weighted by Gasteiger charge is 1.92. The monoisotopic (exact) mass is 240 g/mol. The third-order valence-electron chi connectivity index (χ3n) is 1.19. The van der Waals surface area contributed by atoms with Crippen LogP contribution in [0.1, 0.15) is 6.92 Å². The predicted molar refractivity (Wildman–Crippen MR) is 34.1 cm³/mol. The maximum atomic E-state index is 2.12. The first kappa shape index (κ1) is 8.94. The molecule has 0 saturated heterocycles. The molecule has 1 rings (SSSR count). The van der Waals surface area contributed by atoms with Crippen LogP contribution in [0.4, 0.5) is 0 Å². The lowest BCUT2D eigenvalue weighted by atomic mass is 10.7. The molecule has 9 heavy (non-hydrogen) atoms. The van der Waals surface area contributed by atoms with Crippen molar-refractivity contribution in [2.24, 2.45) is 7.05 Å². The van der Waals surface area contributed by atoms with Gasteiger partial charge in [-0.3, -0.25) is 0 Å². The van der Waals surface area contributed by atoms with Crippen LogP contribution < -0.4 is 28.5 Å². The first-order valence-electron chi connectivity index (χ1n) is 2.84. The van der Waals surface area contributed by atoms with Crippen molar-refractivity contribution in [3.05, 3.63) is 18.7 Å². The lowest BCUT2D eigenvalue weighted by Crippen LogP contribution is -3.00. The first-order valence-corrected chi connectivity index (χ1v) is 2.84. The molecule has 0 fully saturated rings. The van der Waals surface area contributed by atoms with Gasteiger partial charge in [0.15, 0.2) is 0 Å². The topological polar surface area (TPSA) is 8.81 Å². The molecule has 2 nitrogen and oxygen atoms in total. The summed E-state index contributed by atoms with van der Waals surface area (Å²) in [5.41, 5.74) is 0. The Morgan fingerprint density at radius 1 is 1.56 bits per heavy atom. The molecule has 0 aliphatic rings. The van der Waals surface area contributed by atoms with E-state index in [-0.39, 0.29) is 24.0 Å². The zero-order valence-electron chi connectivity index (χ0n) is 5.78. The molecule has 0 radical (unpaired) electrons. The van der Waals surface area contributed by atoms with E-state index in [1.807, 2.05) is 17.8 Å². The molecular weight excluding hydrogens is 227 g/mol. The van der Waals surface area contributed by atoms with Gasteiger partial charge in [0.2, 0.25) is 30.3 Å². The summed E-state index contributed by atoms with van der Waals surface area (Å²) in [6.07, 6.45) is 6.14. The van der Waals surface area contributed by atoms with Crippen molar-refractivity contribution in [3.8, 4) is 0 Å². The van der Waals surface area contributed by atoms with Crippen LogP contribution in [0.5, 0.6) is 0 Å². The normalized spacial score (nSPS) is 8.67. The lowest BCUT2D eigenvalue weighted by Gasteiger charge is -1.81. The van der Waals surface area contributed by atoms with Gasteiger partial charge in [-0.05, 0) is 6.92 Å². The summed E-state index contributed by atoms with van der Waals surface area (Å²) >= 11 is 0. The summed E-state index contributed by atoms with van der Waals surface area (Å²) in [7, 11) is 2.02. The second-order valence-electron chi connectivity index (χ2n) is 1.91. The summed E-state index contributed by atoms with van der Waals surface area (Å²) in [6, 6.07) is 0. The Balaban J connectivity index is 0.000000640. The fourth-order valence-electron chi connectivity index (χ4n) is 0.689. The van der Waals surface area contributed by atoms with E-state index < -0.39 is 0 Å². The predicted octanol–water partition coefficient (Wildman–Crippen LogP) is -3.20. The van der Waals surface area contributed by atoms with Crippen LogP contribution in [-0.2, 0) is 13.6 Å². The third-order valence-corrected chi connectivity index (χ3v) is 1.19. The molecule has 0 spiro atoms. The highest BCUT2D eigenvalue weighted by Crippen LogP contribution is 1.79. The molecule has 0 atom stereocenters. The minimum absolute atomic E-state index is 0. The highest BCUT2D eigenvalue weighted by molar-refractivity contribution is 4.63. The molecule has 0 aliphatic heterocycles.